The van der Waals surface area contributed by atoms with Crippen molar-refractivity contribution < 1.29 is 17.9 Å². The van der Waals surface area contributed by atoms with Gasteiger partial charge in [-0.2, -0.15) is 4.31 Å². The summed E-state index contributed by atoms with van der Waals surface area (Å²) in [5, 5.41) is 2.88. The zero-order chi connectivity index (χ0) is 19.6. The van der Waals surface area contributed by atoms with E-state index in [9.17, 15) is 22.8 Å². The first-order valence-electron chi connectivity index (χ1n) is 9.01. The van der Waals surface area contributed by atoms with E-state index < -0.39 is 26.2 Å². The third-order valence-electron chi connectivity index (χ3n) is 5.03. The number of hydrogen-bond acceptors (Lipinski definition) is 6. The van der Waals surface area contributed by atoms with Gasteiger partial charge in [-0.15, -0.1) is 0 Å². The molecule has 10 nitrogen and oxygen atoms in total. The number of H-pyrrole nitrogens is 2. The molecule has 2 fully saturated rings. The van der Waals surface area contributed by atoms with Gasteiger partial charge in [0.1, 0.15) is 0 Å². The van der Waals surface area contributed by atoms with Crippen LogP contribution in [0.2, 0.25) is 0 Å². The topological polar surface area (TPSA) is 141 Å². The summed E-state index contributed by atoms with van der Waals surface area (Å²) in [6, 6.07) is 0. The number of aryl methyl sites for hydroxylation is 1. The second-order valence-electron chi connectivity index (χ2n) is 6.92. The molecule has 27 heavy (non-hydrogen) atoms. The molecule has 3 heterocycles. The Hall–Kier alpha value is -1.98. The molecule has 1 aromatic heterocycles. The lowest BCUT2D eigenvalue weighted by Crippen LogP contribution is -2.45. The molecule has 1 atom stereocenters. The van der Waals surface area contributed by atoms with Crippen molar-refractivity contribution in [2.45, 2.75) is 43.6 Å². The van der Waals surface area contributed by atoms with Crippen LogP contribution in [0.1, 0.15) is 31.4 Å². The molecule has 2 aliphatic heterocycles. The van der Waals surface area contributed by atoms with Crippen molar-refractivity contribution in [1.82, 2.24) is 19.6 Å². The number of carbonyl (C=O) groups excluding carboxylic acids is 1. The number of aromatic nitrogens is 2. The number of sulfonamides is 1. The molecule has 0 aromatic carbocycles. The minimum atomic E-state index is -4.05. The number of nitrogens with zero attached hydrogens (tertiary/aromatic N) is 1. The molecule has 3 N–H and O–H groups in total. The Morgan fingerprint density at radius 3 is 2.52 bits per heavy atom. The molecule has 0 bridgehead atoms. The van der Waals surface area contributed by atoms with Gasteiger partial charge in [0.25, 0.3) is 5.56 Å². The maximum atomic E-state index is 12.8. The highest BCUT2D eigenvalue weighted by atomic mass is 32.2. The highest BCUT2D eigenvalue weighted by Gasteiger charge is 2.35. The number of nitrogens with one attached hydrogen (secondary N) is 3. The fourth-order valence-electron chi connectivity index (χ4n) is 3.55. The molecule has 150 valence electrons. The zero-order valence-electron chi connectivity index (χ0n) is 15.1. The molecule has 1 unspecified atom stereocenters. The van der Waals surface area contributed by atoms with E-state index >= 15 is 0 Å². The van der Waals surface area contributed by atoms with Crippen LogP contribution in [0, 0.1) is 12.8 Å². The Labute approximate surface area is 156 Å². The van der Waals surface area contributed by atoms with E-state index in [0.29, 0.717) is 19.4 Å². The summed E-state index contributed by atoms with van der Waals surface area (Å²) in [7, 11) is -4.05. The van der Waals surface area contributed by atoms with E-state index in [2.05, 4.69) is 10.3 Å². The monoisotopic (exact) mass is 400 g/mol. The van der Waals surface area contributed by atoms with Crippen LogP contribution in [0.3, 0.4) is 0 Å². The van der Waals surface area contributed by atoms with Gasteiger partial charge in [-0.05, 0) is 32.6 Å². The van der Waals surface area contributed by atoms with Crippen LogP contribution in [0.25, 0.3) is 0 Å². The third-order valence-corrected chi connectivity index (χ3v) is 7.08. The van der Waals surface area contributed by atoms with Gasteiger partial charge < -0.3 is 15.0 Å². The van der Waals surface area contributed by atoms with Crippen molar-refractivity contribution in [3.8, 4) is 0 Å². The molecule has 1 amide bonds. The van der Waals surface area contributed by atoms with Crippen molar-refractivity contribution in [2.75, 3.05) is 26.2 Å². The van der Waals surface area contributed by atoms with Crippen LogP contribution >= 0.6 is 0 Å². The zero-order valence-corrected chi connectivity index (χ0v) is 15.9. The predicted molar refractivity (Wildman–Crippen MR) is 95.9 cm³/mol. The van der Waals surface area contributed by atoms with Crippen LogP contribution in [0.4, 0.5) is 0 Å². The van der Waals surface area contributed by atoms with E-state index in [1.807, 2.05) is 4.98 Å². The van der Waals surface area contributed by atoms with Crippen LogP contribution in [-0.4, -0.2) is 60.9 Å². The SMILES string of the molecule is Cc1[nH]c(=O)[nH]c(=O)c1S(=O)(=O)N1CCC(C(=O)NCC2CCCO2)CC1. The quantitative estimate of drug-likeness (QED) is 0.583. The van der Waals surface area contributed by atoms with E-state index in [-0.39, 0.29) is 36.7 Å². The fraction of sp³-hybridized carbons (Fsp3) is 0.688. The Morgan fingerprint density at radius 2 is 1.93 bits per heavy atom. The molecule has 0 spiro atoms. The maximum Gasteiger partial charge on any atom is 0.325 e. The van der Waals surface area contributed by atoms with Crippen molar-refractivity contribution in [3.63, 3.8) is 0 Å². The van der Waals surface area contributed by atoms with Crippen LogP contribution in [-0.2, 0) is 19.6 Å². The molecule has 0 aliphatic carbocycles. The Kier molecular flexibility index (Phi) is 5.82. The van der Waals surface area contributed by atoms with Gasteiger partial charge in [0.2, 0.25) is 15.9 Å². The summed E-state index contributed by atoms with van der Waals surface area (Å²) in [6.07, 6.45) is 2.74. The minimum absolute atomic E-state index is 0.000167. The highest BCUT2D eigenvalue weighted by molar-refractivity contribution is 7.89. The van der Waals surface area contributed by atoms with Crippen LogP contribution < -0.4 is 16.6 Å². The van der Waals surface area contributed by atoms with Crippen molar-refractivity contribution in [1.29, 1.82) is 0 Å². The van der Waals surface area contributed by atoms with Gasteiger partial charge >= 0.3 is 5.69 Å². The largest absolute Gasteiger partial charge is 0.376 e. The average Bonchev–Trinajstić information content (AvgIpc) is 3.12. The molecule has 1 aromatic rings. The smallest absolute Gasteiger partial charge is 0.325 e. The second kappa shape index (κ2) is 7.95. The van der Waals surface area contributed by atoms with Gasteiger partial charge in [-0.25, -0.2) is 13.2 Å². The van der Waals surface area contributed by atoms with E-state index in [4.69, 9.17) is 4.74 Å². The predicted octanol–water partition coefficient (Wildman–Crippen LogP) is -0.932. The molecular formula is C16H24N4O6S. The summed E-state index contributed by atoms with van der Waals surface area (Å²) in [5.74, 6) is -0.367. The summed E-state index contributed by atoms with van der Waals surface area (Å²) in [5.41, 5.74) is -1.69. The standard InChI is InChI=1S/C16H24N4O6S/c1-10-13(15(22)19-16(23)18-10)27(24,25)20-6-4-11(5-7-20)14(21)17-9-12-3-2-8-26-12/h11-12H,2-9H2,1H3,(H,17,21)(H2,18,19,22,23). The summed E-state index contributed by atoms with van der Waals surface area (Å²) >= 11 is 0. The first-order valence-corrected chi connectivity index (χ1v) is 10.5. The van der Waals surface area contributed by atoms with E-state index in [1.54, 1.807) is 0 Å². The average molecular weight is 400 g/mol. The van der Waals surface area contributed by atoms with Crippen molar-refractivity contribution in [3.05, 3.63) is 26.5 Å². The van der Waals surface area contributed by atoms with Gasteiger partial charge in [-0.1, -0.05) is 0 Å². The van der Waals surface area contributed by atoms with Crippen LogP contribution in [0.5, 0.6) is 0 Å². The van der Waals surface area contributed by atoms with Gasteiger partial charge in [0.15, 0.2) is 4.90 Å². The second-order valence-corrected chi connectivity index (χ2v) is 8.80. The molecule has 2 saturated heterocycles. The minimum Gasteiger partial charge on any atom is -0.376 e. The normalized spacial score (nSPS) is 22.0. The van der Waals surface area contributed by atoms with E-state index in [1.165, 1.54) is 11.2 Å². The molecule has 3 rings (SSSR count). The number of rotatable bonds is 5. The summed E-state index contributed by atoms with van der Waals surface area (Å²) < 4.78 is 32.2. The first-order chi connectivity index (χ1) is 12.8. The number of ether oxygens (including phenoxy) is 1. The van der Waals surface area contributed by atoms with Gasteiger partial charge in [0.05, 0.1) is 6.10 Å². The first kappa shape index (κ1) is 19.8. The maximum absolute atomic E-state index is 12.8. The lowest BCUT2D eigenvalue weighted by molar-refractivity contribution is -0.126. The number of hydrogen-bond donors (Lipinski definition) is 3. The number of amides is 1. The fourth-order valence-corrected chi connectivity index (χ4v) is 5.22. The summed E-state index contributed by atoms with van der Waals surface area (Å²) in [4.78, 5) is 39.3. The van der Waals surface area contributed by atoms with E-state index in [0.717, 1.165) is 19.4 Å². The van der Waals surface area contributed by atoms with Crippen LogP contribution in [0.15, 0.2) is 14.5 Å². The molecule has 0 saturated carbocycles. The van der Waals surface area contributed by atoms with Crippen molar-refractivity contribution >= 4 is 15.9 Å². The Morgan fingerprint density at radius 1 is 1.22 bits per heavy atom. The lowest BCUT2D eigenvalue weighted by atomic mass is 9.97. The van der Waals surface area contributed by atoms with Gasteiger partial charge in [0, 0.05) is 37.9 Å². The number of piperidine rings is 1. The summed E-state index contributed by atoms with van der Waals surface area (Å²) in [6.45, 7) is 2.84. The third kappa shape index (κ3) is 4.30. The molecule has 2 aliphatic rings. The Balaban J connectivity index is 1.62. The van der Waals surface area contributed by atoms with Crippen molar-refractivity contribution in [2.24, 2.45) is 5.92 Å². The molecular weight excluding hydrogens is 376 g/mol. The van der Waals surface area contributed by atoms with Gasteiger partial charge in [-0.3, -0.25) is 14.6 Å². The highest BCUT2D eigenvalue weighted by Crippen LogP contribution is 2.23. The molecule has 11 heteroatoms. The molecule has 0 radical (unpaired) electrons. The Bertz CT molecular complexity index is 908. The number of aromatic amines is 2. The lowest BCUT2D eigenvalue weighted by Gasteiger charge is -2.30. The number of carbonyl (C=O) groups is 1.